The molecule has 2 rings (SSSR count). The van der Waals surface area contributed by atoms with Gasteiger partial charge in [-0.15, -0.1) is 0 Å². The van der Waals surface area contributed by atoms with Crippen LogP contribution in [0, 0.1) is 12.3 Å². The zero-order valence-electron chi connectivity index (χ0n) is 11.6. The van der Waals surface area contributed by atoms with Crippen LogP contribution in [0.15, 0.2) is 12.3 Å². The van der Waals surface area contributed by atoms with E-state index in [2.05, 4.69) is 41.8 Å². The molecule has 4 heteroatoms. The first-order valence-electron chi connectivity index (χ1n) is 6.41. The predicted molar refractivity (Wildman–Crippen MR) is 74.5 cm³/mol. The molecule has 2 aromatic heterocycles. The van der Waals surface area contributed by atoms with Gasteiger partial charge in [-0.25, -0.2) is 9.97 Å². The average Bonchev–Trinajstić information content (AvgIpc) is 2.67. The summed E-state index contributed by atoms with van der Waals surface area (Å²) in [7, 11) is 0. The standard InChI is InChI=1S/C14H22N4/c1-9-5-11-13(16-8-9)18-12(17-11)10(7-15)6-14(2,3)4/h5,8,10H,6-7,15H2,1-4H3,(H,16,17,18). The van der Waals surface area contributed by atoms with Crippen LogP contribution in [-0.2, 0) is 0 Å². The van der Waals surface area contributed by atoms with Crippen LogP contribution in [0.4, 0.5) is 0 Å². The summed E-state index contributed by atoms with van der Waals surface area (Å²) in [4.78, 5) is 12.3. The summed E-state index contributed by atoms with van der Waals surface area (Å²) < 4.78 is 0. The first-order chi connectivity index (χ1) is 8.39. The molecule has 0 saturated heterocycles. The third kappa shape index (κ3) is 2.88. The van der Waals surface area contributed by atoms with Gasteiger partial charge in [0.05, 0.1) is 5.52 Å². The lowest BCUT2D eigenvalue weighted by molar-refractivity contribution is 0.337. The number of hydrogen-bond donors (Lipinski definition) is 2. The number of aryl methyl sites for hydroxylation is 1. The lowest BCUT2D eigenvalue weighted by atomic mass is 9.84. The Morgan fingerprint density at radius 1 is 1.39 bits per heavy atom. The highest BCUT2D eigenvalue weighted by Gasteiger charge is 2.22. The number of hydrogen-bond acceptors (Lipinski definition) is 3. The number of H-pyrrole nitrogens is 1. The van der Waals surface area contributed by atoms with Crippen molar-refractivity contribution in [1.82, 2.24) is 15.0 Å². The molecule has 18 heavy (non-hydrogen) atoms. The largest absolute Gasteiger partial charge is 0.340 e. The Kier molecular flexibility index (Phi) is 3.39. The maximum atomic E-state index is 5.88. The highest BCUT2D eigenvalue weighted by atomic mass is 15.0. The van der Waals surface area contributed by atoms with Crippen molar-refractivity contribution in [3.05, 3.63) is 23.7 Å². The summed E-state index contributed by atoms with van der Waals surface area (Å²) in [5.74, 6) is 1.22. The van der Waals surface area contributed by atoms with Gasteiger partial charge in [-0.1, -0.05) is 20.8 Å². The van der Waals surface area contributed by atoms with Gasteiger partial charge in [-0.2, -0.15) is 0 Å². The Hall–Kier alpha value is -1.42. The molecule has 0 fully saturated rings. The van der Waals surface area contributed by atoms with Gasteiger partial charge in [0, 0.05) is 18.7 Å². The molecule has 1 atom stereocenters. The van der Waals surface area contributed by atoms with Gasteiger partial charge in [0.25, 0.3) is 0 Å². The lowest BCUT2D eigenvalue weighted by Crippen LogP contribution is -2.20. The number of aromatic nitrogens is 3. The van der Waals surface area contributed by atoms with Crippen molar-refractivity contribution in [2.45, 2.75) is 40.0 Å². The van der Waals surface area contributed by atoms with Crippen molar-refractivity contribution in [3.8, 4) is 0 Å². The lowest BCUT2D eigenvalue weighted by Gasteiger charge is -2.23. The first kappa shape index (κ1) is 13.0. The fourth-order valence-electron chi connectivity index (χ4n) is 2.25. The second-order valence-electron chi connectivity index (χ2n) is 6.20. The smallest absolute Gasteiger partial charge is 0.177 e. The van der Waals surface area contributed by atoms with Crippen molar-refractivity contribution < 1.29 is 0 Å². The van der Waals surface area contributed by atoms with E-state index in [1.807, 2.05) is 13.1 Å². The summed E-state index contributed by atoms with van der Waals surface area (Å²) >= 11 is 0. The molecule has 0 aliphatic heterocycles. The summed E-state index contributed by atoms with van der Waals surface area (Å²) in [5.41, 5.74) is 9.04. The first-order valence-corrected chi connectivity index (χ1v) is 6.41. The molecule has 2 heterocycles. The predicted octanol–water partition coefficient (Wildman–Crippen LogP) is 2.74. The van der Waals surface area contributed by atoms with Crippen LogP contribution in [0.3, 0.4) is 0 Å². The van der Waals surface area contributed by atoms with Gasteiger partial charge < -0.3 is 10.7 Å². The Bertz CT molecular complexity index is 536. The third-order valence-corrected chi connectivity index (χ3v) is 3.02. The number of nitrogens with two attached hydrogens (primary N) is 1. The molecule has 0 aromatic carbocycles. The Morgan fingerprint density at radius 2 is 2.11 bits per heavy atom. The minimum absolute atomic E-state index is 0.242. The normalized spacial score (nSPS) is 14.1. The zero-order valence-corrected chi connectivity index (χ0v) is 11.6. The van der Waals surface area contributed by atoms with Crippen molar-refractivity contribution in [1.29, 1.82) is 0 Å². The van der Waals surface area contributed by atoms with Crippen LogP contribution in [0.2, 0.25) is 0 Å². The molecular weight excluding hydrogens is 224 g/mol. The van der Waals surface area contributed by atoms with E-state index in [0.29, 0.717) is 6.54 Å². The SMILES string of the molecule is Cc1cnc2nc(C(CN)CC(C)(C)C)[nH]c2c1. The van der Waals surface area contributed by atoms with E-state index in [1.165, 1.54) is 0 Å². The zero-order chi connectivity index (χ0) is 13.3. The van der Waals surface area contributed by atoms with Gasteiger partial charge in [-0.05, 0) is 30.4 Å². The number of nitrogens with zero attached hydrogens (tertiary/aromatic N) is 2. The molecule has 0 aliphatic rings. The Labute approximate surface area is 108 Å². The number of nitrogens with one attached hydrogen (secondary N) is 1. The van der Waals surface area contributed by atoms with E-state index < -0.39 is 0 Å². The molecule has 0 bridgehead atoms. The molecular formula is C14H22N4. The fourth-order valence-corrected chi connectivity index (χ4v) is 2.25. The molecule has 0 spiro atoms. The second kappa shape index (κ2) is 4.69. The summed E-state index contributed by atoms with van der Waals surface area (Å²) in [5, 5.41) is 0. The van der Waals surface area contributed by atoms with Crippen LogP contribution in [-0.4, -0.2) is 21.5 Å². The summed E-state index contributed by atoms with van der Waals surface area (Å²) in [6, 6.07) is 2.07. The van der Waals surface area contributed by atoms with Crippen molar-refractivity contribution in [2.75, 3.05) is 6.54 Å². The number of rotatable bonds is 3. The topological polar surface area (TPSA) is 67.6 Å². The molecule has 4 nitrogen and oxygen atoms in total. The Balaban J connectivity index is 2.34. The number of pyridine rings is 1. The van der Waals surface area contributed by atoms with Crippen molar-refractivity contribution >= 4 is 11.2 Å². The molecule has 0 aliphatic carbocycles. The number of fused-ring (bicyclic) bond motifs is 1. The van der Waals surface area contributed by atoms with E-state index in [0.717, 1.165) is 29.0 Å². The van der Waals surface area contributed by atoms with Crippen LogP contribution in [0.1, 0.15) is 44.5 Å². The monoisotopic (exact) mass is 246 g/mol. The van der Waals surface area contributed by atoms with Crippen LogP contribution in [0.5, 0.6) is 0 Å². The minimum Gasteiger partial charge on any atom is -0.340 e. The van der Waals surface area contributed by atoms with E-state index in [-0.39, 0.29) is 11.3 Å². The van der Waals surface area contributed by atoms with E-state index in [4.69, 9.17) is 5.73 Å². The van der Waals surface area contributed by atoms with Gasteiger partial charge in [-0.3, -0.25) is 0 Å². The van der Waals surface area contributed by atoms with Gasteiger partial charge in [0.2, 0.25) is 0 Å². The highest BCUT2D eigenvalue weighted by Crippen LogP contribution is 2.29. The quantitative estimate of drug-likeness (QED) is 0.875. The third-order valence-electron chi connectivity index (χ3n) is 3.02. The van der Waals surface area contributed by atoms with Crippen molar-refractivity contribution in [2.24, 2.45) is 11.1 Å². The number of aromatic amines is 1. The molecule has 0 amide bonds. The molecule has 98 valence electrons. The van der Waals surface area contributed by atoms with Gasteiger partial charge >= 0.3 is 0 Å². The molecule has 3 N–H and O–H groups in total. The van der Waals surface area contributed by atoms with E-state index in [1.54, 1.807) is 0 Å². The van der Waals surface area contributed by atoms with Crippen molar-refractivity contribution in [3.63, 3.8) is 0 Å². The molecule has 0 radical (unpaired) electrons. The second-order valence-corrected chi connectivity index (χ2v) is 6.20. The summed E-state index contributed by atoms with van der Waals surface area (Å²) in [6.45, 7) is 9.31. The highest BCUT2D eigenvalue weighted by molar-refractivity contribution is 5.71. The summed E-state index contributed by atoms with van der Waals surface area (Å²) in [6.07, 6.45) is 2.86. The molecule has 2 aromatic rings. The van der Waals surface area contributed by atoms with Crippen LogP contribution in [0.25, 0.3) is 11.2 Å². The van der Waals surface area contributed by atoms with Gasteiger partial charge in [0.15, 0.2) is 5.65 Å². The van der Waals surface area contributed by atoms with E-state index in [9.17, 15) is 0 Å². The maximum Gasteiger partial charge on any atom is 0.177 e. The van der Waals surface area contributed by atoms with Gasteiger partial charge in [0.1, 0.15) is 5.82 Å². The average molecular weight is 246 g/mol. The minimum atomic E-state index is 0.242. The Morgan fingerprint density at radius 3 is 2.72 bits per heavy atom. The number of imidazole rings is 1. The molecule has 1 unspecified atom stereocenters. The molecule has 0 saturated carbocycles. The fraction of sp³-hybridized carbons (Fsp3) is 0.571. The van der Waals surface area contributed by atoms with E-state index >= 15 is 0 Å². The van der Waals surface area contributed by atoms with Crippen LogP contribution >= 0.6 is 0 Å². The van der Waals surface area contributed by atoms with Crippen LogP contribution < -0.4 is 5.73 Å². The maximum absolute atomic E-state index is 5.88.